The highest BCUT2D eigenvalue weighted by Gasteiger charge is 2.00. The van der Waals surface area contributed by atoms with Crippen molar-refractivity contribution in [3.8, 4) is 0 Å². The van der Waals surface area contributed by atoms with E-state index in [1.165, 1.54) is 5.22 Å². The van der Waals surface area contributed by atoms with E-state index >= 15 is 0 Å². The smallest absolute Gasteiger partial charge is 0.101 e. The Morgan fingerprint density at radius 1 is 1.36 bits per heavy atom. The average Bonchev–Trinajstić information content (AvgIpc) is 2.04. The summed E-state index contributed by atoms with van der Waals surface area (Å²) in [4.78, 5) is 4.29. The maximum absolute atomic E-state index is 5.65. The molecule has 0 aliphatic carbocycles. The molecule has 1 atom stereocenters. The molecule has 1 aliphatic heterocycles. The number of benzene rings is 1. The number of rotatable bonds is 0. The van der Waals surface area contributed by atoms with Crippen LogP contribution in [0.3, 0.4) is 0 Å². The number of nitrogens with zero attached hydrogens (tertiary/aromatic N) is 1. The van der Waals surface area contributed by atoms with Gasteiger partial charge in [-0.2, -0.15) is 0 Å². The van der Waals surface area contributed by atoms with E-state index in [9.17, 15) is 0 Å². The molecule has 1 aliphatic rings. The summed E-state index contributed by atoms with van der Waals surface area (Å²) in [6, 6.07) is 8.05. The maximum Gasteiger partial charge on any atom is 0.101 e. The van der Waals surface area contributed by atoms with Gasteiger partial charge in [-0.25, -0.2) is 0 Å². The van der Waals surface area contributed by atoms with Crippen LogP contribution in [0.15, 0.2) is 29.3 Å². The van der Waals surface area contributed by atoms with Gasteiger partial charge in [0.2, 0.25) is 0 Å². The highest BCUT2D eigenvalue weighted by molar-refractivity contribution is 5.26. The third kappa shape index (κ3) is 1.17. The van der Waals surface area contributed by atoms with Crippen LogP contribution in [0.2, 0.25) is 0 Å². The summed E-state index contributed by atoms with van der Waals surface area (Å²) in [6.45, 7) is 0. The van der Waals surface area contributed by atoms with Crippen LogP contribution in [0.25, 0.3) is 6.08 Å². The normalized spacial score (nSPS) is 21.4. The van der Waals surface area contributed by atoms with E-state index in [-0.39, 0.29) is 6.17 Å². The minimum Gasteiger partial charge on any atom is -0.309 e. The topological polar surface area (TPSA) is 38.4 Å². The molecule has 11 heavy (non-hydrogen) atoms. The van der Waals surface area contributed by atoms with Crippen LogP contribution in [0, 0.1) is 0 Å². The molecule has 56 valence electrons. The molecule has 0 aromatic heterocycles. The molecule has 2 rings (SSSR count). The largest absolute Gasteiger partial charge is 0.309 e. The van der Waals surface area contributed by atoms with Crippen molar-refractivity contribution in [3.05, 3.63) is 34.8 Å². The van der Waals surface area contributed by atoms with Crippen molar-refractivity contribution >= 4 is 6.08 Å². The standard InChI is InChI=1S/C9H10N2/c10-9-6-5-7-3-1-2-4-8(7)11-9/h1-5,9H,6,10H2. The molecule has 1 aromatic rings. The SMILES string of the molecule is NC1CC=c2ccccc2=N1. The first-order valence-electron chi connectivity index (χ1n) is 3.75. The summed E-state index contributed by atoms with van der Waals surface area (Å²) >= 11 is 0. The minimum absolute atomic E-state index is 0.0371. The molecular formula is C9H10N2. The van der Waals surface area contributed by atoms with Crippen molar-refractivity contribution in [2.75, 3.05) is 0 Å². The summed E-state index contributed by atoms with van der Waals surface area (Å²) in [7, 11) is 0. The van der Waals surface area contributed by atoms with E-state index in [1.807, 2.05) is 18.2 Å². The molecule has 2 nitrogen and oxygen atoms in total. The van der Waals surface area contributed by atoms with Crippen LogP contribution in [0.5, 0.6) is 0 Å². The van der Waals surface area contributed by atoms with Gasteiger partial charge in [0, 0.05) is 6.42 Å². The molecule has 2 heteroatoms. The second-order valence-electron chi connectivity index (χ2n) is 2.70. The lowest BCUT2D eigenvalue weighted by molar-refractivity contribution is 0.704. The summed E-state index contributed by atoms with van der Waals surface area (Å²) < 4.78 is 0. The van der Waals surface area contributed by atoms with Gasteiger partial charge in [0.25, 0.3) is 0 Å². The number of hydrogen-bond donors (Lipinski definition) is 1. The fourth-order valence-corrected chi connectivity index (χ4v) is 1.26. The van der Waals surface area contributed by atoms with Gasteiger partial charge in [-0.3, -0.25) is 4.99 Å². The quantitative estimate of drug-likeness (QED) is 0.539. The molecule has 0 radical (unpaired) electrons. The van der Waals surface area contributed by atoms with Crippen LogP contribution in [0.4, 0.5) is 0 Å². The second-order valence-corrected chi connectivity index (χ2v) is 2.70. The van der Waals surface area contributed by atoms with E-state index in [2.05, 4.69) is 17.1 Å². The van der Waals surface area contributed by atoms with Gasteiger partial charge in [-0.15, -0.1) is 0 Å². The van der Waals surface area contributed by atoms with Crippen molar-refractivity contribution in [2.24, 2.45) is 10.7 Å². The minimum atomic E-state index is -0.0371. The summed E-state index contributed by atoms with van der Waals surface area (Å²) in [6.07, 6.45) is 2.95. The van der Waals surface area contributed by atoms with Gasteiger partial charge in [0.1, 0.15) is 6.17 Å². The van der Waals surface area contributed by atoms with Crippen molar-refractivity contribution in [1.29, 1.82) is 0 Å². The van der Waals surface area contributed by atoms with Gasteiger partial charge < -0.3 is 5.73 Å². The Bertz CT molecular complexity index is 367. The predicted octanol–water partition coefficient (Wildman–Crippen LogP) is -0.225. The Labute approximate surface area is 65.1 Å². The molecule has 0 amide bonds. The van der Waals surface area contributed by atoms with Gasteiger partial charge in [0.05, 0.1) is 5.36 Å². The lowest BCUT2D eigenvalue weighted by atomic mass is 10.2. The molecule has 2 N–H and O–H groups in total. The van der Waals surface area contributed by atoms with Gasteiger partial charge in [-0.05, 0) is 11.3 Å². The van der Waals surface area contributed by atoms with Crippen LogP contribution >= 0.6 is 0 Å². The summed E-state index contributed by atoms with van der Waals surface area (Å²) in [5.41, 5.74) is 5.65. The molecule has 1 heterocycles. The Balaban J connectivity index is 2.73. The van der Waals surface area contributed by atoms with Crippen molar-refractivity contribution < 1.29 is 0 Å². The number of fused-ring (bicyclic) bond motifs is 1. The van der Waals surface area contributed by atoms with Crippen molar-refractivity contribution in [3.63, 3.8) is 0 Å². The maximum atomic E-state index is 5.65. The molecule has 0 bridgehead atoms. The first-order chi connectivity index (χ1) is 5.36. The number of nitrogens with two attached hydrogens (primary N) is 1. The Hall–Kier alpha value is -1.15. The third-order valence-corrected chi connectivity index (χ3v) is 1.82. The van der Waals surface area contributed by atoms with E-state index < -0.39 is 0 Å². The highest BCUT2D eigenvalue weighted by Crippen LogP contribution is 1.92. The van der Waals surface area contributed by atoms with Crippen LogP contribution < -0.4 is 16.3 Å². The van der Waals surface area contributed by atoms with Crippen LogP contribution in [-0.2, 0) is 0 Å². The molecule has 0 saturated carbocycles. The Kier molecular flexibility index (Phi) is 1.47. The highest BCUT2D eigenvalue weighted by atomic mass is 14.9. The molecule has 0 spiro atoms. The Morgan fingerprint density at radius 3 is 3.09 bits per heavy atom. The first-order valence-corrected chi connectivity index (χ1v) is 3.75. The Morgan fingerprint density at radius 2 is 2.18 bits per heavy atom. The summed E-state index contributed by atoms with van der Waals surface area (Å²) in [5, 5.41) is 2.22. The average molecular weight is 146 g/mol. The van der Waals surface area contributed by atoms with E-state index in [0.717, 1.165) is 11.8 Å². The zero-order chi connectivity index (χ0) is 7.68. The monoisotopic (exact) mass is 146 g/mol. The molecule has 1 unspecified atom stereocenters. The van der Waals surface area contributed by atoms with E-state index in [1.54, 1.807) is 0 Å². The van der Waals surface area contributed by atoms with Crippen molar-refractivity contribution in [2.45, 2.75) is 12.6 Å². The molecular weight excluding hydrogens is 136 g/mol. The third-order valence-electron chi connectivity index (χ3n) is 1.82. The second kappa shape index (κ2) is 2.47. The molecule has 1 aromatic carbocycles. The fraction of sp³-hybridized carbons (Fsp3) is 0.222. The number of hydrogen-bond acceptors (Lipinski definition) is 2. The lowest BCUT2D eigenvalue weighted by Gasteiger charge is -2.06. The van der Waals surface area contributed by atoms with Crippen molar-refractivity contribution in [1.82, 2.24) is 0 Å². The van der Waals surface area contributed by atoms with Crippen LogP contribution in [0.1, 0.15) is 6.42 Å². The first kappa shape index (κ1) is 6.55. The molecule has 0 saturated heterocycles. The lowest BCUT2D eigenvalue weighted by Crippen LogP contribution is -2.34. The number of para-hydroxylation sites is 1. The van der Waals surface area contributed by atoms with Gasteiger partial charge >= 0.3 is 0 Å². The van der Waals surface area contributed by atoms with Gasteiger partial charge in [0.15, 0.2) is 0 Å². The zero-order valence-electron chi connectivity index (χ0n) is 6.20. The van der Waals surface area contributed by atoms with E-state index in [0.29, 0.717) is 0 Å². The summed E-state index contributed by atoms with van der Waals surface area (Å²) in [5.74, 6) is 0. The fourth-order valence-electron chi connectivity index (χ4n) is 1.26. The zero-order valence-corrected chi connectivity index (χ0v) is 6.20. The van der Waals surface area contributed by atoms with Crippen LogP contribution in [-0.4, -0.2) is 6.17 Å². The van der Waals surface area contributed by atoms with Gasteiger partial charge in [-0.1, -0.05) is 24.3 Å². The van der Waals surface area contributed by atoms with E-state index in [4.69, 9.17) is 5.73 Å². The predicted molar refractivity (Wildman–Crippen MR) is 44.3 cm³/mol. The molecule has 0 fully saturated rings.